The Kier molecular flexibility index (Phi) is 8.54. The highest BCUT2D eigenvalue weighted by atomic mass is 32.2. The second kappa shape index (κ2) is 12.1. The van der Waals surface area contributed by atoms with E-state index in [1.165, 1.54) is 0 Å². The number of aliphatic imine (C=N–C) groups is 1. The summed E-state index contributed by atoms with van der Waals surface area (Å²) in [6.07, 6.45) is -0.467. The molecule has 12 heteroatoms. The van der Waals surface area contributed by atoms with Crippen molar-refractivity contribution in [3.05, 3.63) is 81.9 Å². The van der Waals surface area contributed by atoms with Crippen LogP contribution in [0.5, 0.6) is 5.75 Å². The van der Waals surface area contributed by atoms with E-state index in [1.807, 2.05) is 69.3 Å². The molecule has 1 atom stereocenters. The van der Waals surface area contributed by atoms with Crippen molar-refractivity contribution in [3.63, 3.8) is 0 Å². The van der Waals surface area contributed by atoms with Crippen LogP contribution in [0.15, 0.2) is 58.4 Å². The van der Waals surface area contributed by atoms with Gasteiger partial charge in [-0.2, -0.15) is 0 Å². The van der Waals surface area contributed by atoms with E-state index in [0.29, 0.717) is 23.3 Å². The highest BCUT2D eigenvalue weighted by molar-refractivity contribution is 7.90. The highest BCUT2D eigenvalue weighted by Crippen LogP contribution is 2.45. The number of hydrogen-bond donors (Lipinski definition) is 4. The zero-order valence-electron chi connectivity index (χ0n) is 25.9. The minimum atomic E-state index is -4.11. The molecule has 0 saturated heterocycles. The number of hydrogen-bond acceptors (Lipinski definition) is 7. The molecule has 3 aromatic carbocycles. The monoisotopic (exact) mass is 634 g/mol. The van der Waals surface area contributed by atoms with Gasteiger partial charge in [-0.15, -0.1) is 0 Å². The molecule has 45 heavy (non-hydrogen) atoms. The molecular formula is C33H38N4O7S. The van der Waals surface area contributed by atoms with Crippen molar-refractivity contribution >= 4 is 28.0 Å². The van der Waals surface area contributed by atoms with Gasteiger partial charge in [-0.1, -0.05) is 48.5 Å². The number of carboxylic acid groups (broad SMARTS) is 1. The number of guanidine groups is 1. The van der Waals surface area contributed by atoms with Gasteiger partial charge in [0.15, 0.2) is 0 Å². The number of carboxylic acids is 1. The molecule has 238 valence electrons. The third-order valence-corrected chi connectivity index (χ3v) is 10.1. The van der Waals surface area contributed by atoms with Crippen molar-refractivity contribution in [3.8, 4) is 16.9 Å². The molecule has 11 nitrogen and oxygen atoms in total. The summed E-state index contributed by atoms with van der Waals surface area (Å²) in [6, 6.07) is 14.4. The molecule has 1 amide bonds. The maximum Gasteiger partial charge on any atom is 0.407 e. The predicted molar refractivity (Wildman–Crippen MR) is 170 cm³/mol. The van der Waals surface area contributed by atoms with Crippen molar-refractivity contribution < 1.29 is 32.6 Å². The van der Waals surface area contributed by atoms with Gasteiger partial charge in [0.25, 0.3) is 10.0 Å². The number of carbonyl (C=O) groups is 2. The number of carbonyl (C=O) groups excluding carboxylic acids is 1. The van der Waals surface area contributed by atoms with Gasteiger partial charge in [0.05, 0.1) is 4.90 Å². The van der Waals surface area contributed by atoms with Gasteiger partial charge in [0.2, 0.25) is 5.96 Å². The first-order chi connectivity index (χ1) is 21.2. The number of aliphatic carboxylic acids is 1. The molecule has 5 N–H and O–H groups in total. The number of nitrogens with two attached hydrogens (primary N) is 1. The molecule has 0 spiro atoms. The largest absolute Gasteiger partial charge is 0.487 e. The number of nitrogens with one attached hydrogen (secondary N) is 2. The first-order valence-corrected chi connectivity index (χ1v) is 16.2. The molecule has 0 saturated carbocycles. The molecule has 0 radical (unpaired) electrons. The Morgan fingerprint density at radius 1 is 1.04 bits per heavy atom. The summed E-state index contributed by atoms with van der Waals surface area (Å²) in [4.78, 5) is 28.7. The second-order valence-electron chi connectivity index (χ2n) is 12.1. The smallest absolute Gasteiger partial charge is 0.407 e. The summed E-state index contributed by atoms with van der Waals surface area (Å²) in [6.45, 7) is 9.04. The lowest BCUT2D eigenvalue weighted by molar-refractivity contribution is -0.139. The Balaban J connectivity index is 1.20. The Morgan fingerprint density at radius 3 is 2.24 bits per heavy atom. The minimum absolute atomic E-state index is 0.0315. The zero-order chi connectivity index (χ0) is 32.7. The van der Waals surface area contributed by atoms with E-state index in [0.717, 1.165) is 33.4 Å². The summed E-state index contributed by atoms with van der Waals surface area (Å²) in [5.74, 6) is -1.15. The molecule has 0 bridgehead atoms. The van der Waals surface area contributed by atoms with Gasteiger partial charge >= 0.3 is 12.1 Å². The number of rotatable bonds is 9. The van der Waals surface area contributed by atoms with Gasteiger partial charge in [-0.25, -0.2) is 22.7 Å². The summed E-state index contributed by atoms with van der Waals surface area (Å²) in [5, 5.41) is 12.1. The Morgan fingerprint density at radius 2 is 1.64 bits per heavy atom. The van der Waals surface area contributed by atoms with Gasteiger partial charge in [0, 0.05) is 24.4 Å². The molecule has 5 rings (SSSR count). The van der Waals surface area contributed by atoms with Gasteiger partial charge in [-0.05, 0) is 80.0 Å². The highest BCUT2D eigenvalue weighted by Gasteiger charge is 2.37. The number of nitrogens with zero attached hydrogens (tertiary/aromatic N) is 1. The fourth-order valence-corrected chi connectivity index (χ4v) is 7.75. The standard InChI is InChI=1S/C33H38N4O7S/c1-18-19(2)29(20(3)25-16-33(4,5)44-28(18)25)45(41,42)37-31(34)35-15-14-27(30(38)39)36-32(40)43-17-26-23-12-8-6-10-21(23)22-11-7-9-13-24(22)26/h6-13,26-27H,14-17H2,1-5H3,(H,36,40)(H,38,39)(H3,34,35,37)/t27-/m1/s1. The van der Waals surface area contributed by atoms with E-state index in [9.17, 15) is 23.1 Å². The van der Waals surface area contributed by atoms with Crippen molar-refractivity contribution in [2.24, 2.45) is 10.7 Å². The van der Waals surface area contributed by atoms with E-state index in [2.05, 4.69) is 15.0 Å². The lowest BCUT2D eigenvalue weighted by atomic mass is 9.94. The molecule has 1 aliphatic carbocycles. The lowest BCUT2D eigenvalue weighted by Gasteiger charge is -2.19. The summed E-state index contributed by atoms with van der Waals surface area (Å²) in [5.41, 5.74) is 12.4. The number of ether oxygens (including phenoxy) is 2. The van der Waals surface area contributed by atoms with Crippen molar-refractivity contribution in [2.75, 3.05) is 13.2 Å². The van der Waals surface area contributed by atoms with Crippen molar-refractivity contribution in [1.29, 1.82) is 0 Å². The summed E-state index contributed by atoms with van der Waals surface area (Å²) >= 11 is 0. The zero-order valence-corrected chi connectivity index (χ0v) is 26.7. The van der Waals surface area contributed by atoms with Crippen LogP contribution in [-0.2, 0) is 26.0 Å². The number of benzene rings is 3. The van der Waals surface area contributed by atoms with E-state index < -0.39 is 39.7 Å². The molecular weight excluding hydrogens is 596 g/mol. The fourth-order valence-electron chi connectivity index (χ4n) is 6.22. The normalized spacial score (nSPS) is 15.8. The molecule has 1 aliphatic heterocycles. The Bertz CT molecular complexity index is 1770. The number of amides is 1. The third-order valence-electron chi connectivity index (χ3n) is 8.43. The van der Waals surface area contributed by atoms with Crippen LogP contribution in [0.3, 0.4) is 0 Å². The SMILES string of the molecule is Cc1c(C)c(S(=O)(=O)NC(N)=NCC[C@@H](NC(=O)OCC2c3ccccc3-c3ccccc32)C(=O)O)c(C)c2c1OC(C)(C)C2. The van der Waals surface area contributed by atoms with Crippen LogP contribution < -0.4 is 20.5 Å². The average molecular weight is 635 g/mol. The fraction of sp³-hybridized carbons (Fsp3) is 0.364. The maximum absolute atomic E-state index is 13.4. The number of fused-ring (bicyclic) bond motifs is 4. The topological polar surface area (TPSA) is 169 Å². The minimum Gasteiger partial charge on any atom is -0.487 e. The molecule has 0 fully saturated rings. The van der Waals surface area contributed by atoms with Crippen LogP contribution in [0.1, 0.15) is 59.6 Å². The van der Waals surface area contributed by atoms with E-state index in [1.54, 1.807) is 13.8 Å². The quantitative estimate of drug-likeness (QED) is 0.199. The van der Waals surface area contributed by atoms with E-state index in [4.69, 9.17) is 15.2 Å². The first kappa shape index (κ1) is 31.8. The summed E-state index contributed by atoms with van der Waals surface area (Å²) < 4.78 is 40.7. The van der Waals surface area contributed by atoms with Crippen LogP contribution in [0.2, 0.25) is 0 Å². The van der Waals surface area contributed by atoms with Crippen LogP contribution in [0.4, 0.5) is 4.79 Å². The molecule has 0 aromatic heterocycles. The van der Waals surface area contributed by atoms with E-state index >= 15 is 0 Å². The first-order valence-electron chi connectivity index (χ1n) is 14.7. The predicted octanol–water partition coefficient (Wildman–Crippen LogP) is 4.30. The van der Waals surface area contributed by atoms with Gasteiger partial charge in [0.1, 0.15) is 24.0 Å². The number of sulfonamides is 1. The summed E-state index contributed by atoms with van der Waals surface area (Å²) in [7, 11) is -4.11. The maximum atomic E-state index is 13.4. The average Bonchev–Trinajstić information content (AvgIpc) is 3.48. The van der Waals surface area contributed by atoms with Gasteiger partial charge < -0.3 is 25.6 Å². The third kappa shape index (κ3) is 6.32. The Hall–Kier alpha value is -4.58. The lowest BCUT2D eigenvalue weighted by Crippen LogP contribution is -2.42. The van der Waals surface area contributed by atoms with Crippen molar-refractivity contribution in [1.82, 2.24) is 10.0 Å². The molecule has 2 aliphatic rings. The van der Waals surface area contributed by atoms with Gasteiger partial charge in [-0.3, -0.25) is 4.99 Å². The second-order valence-corrected chi connectivity index (χ2v) is 13.7. The Labute approximate surface area is 262 Å². The van der Waals surface area contributed by atoms with Crippen LogP contribution >= 0.6 is 0 Å². The van der Waals surface area contributed by atoms with Crippen LogP contribution in [-0.4, -0.2) is 56.3 Å². The molecule has 1 heterocycles. The van der Waals surface area contributed by atoms with Crippen LogP contribution in [0, 0.1) is 20.8 Å². The van der Waals surface area contributed by atoms with Crippen molar-refractivity contribution in [2.45, 2.75) is 69.9 Å². The van der Waals surface area contributed by atoms with E-state index in [-0.39, 0.29) is 30.4 Å². The van der Waals surface area contributed by atoms with Crippen LogP contribution in [0.25, 0.3) is 11.1 Å². The molecule has 0 unspecified atom stereocenters. The number of alkyl carbamates (subject to hydrolysis) is 1. The molecule has 3 aromatic rings.